The standard InChI is InChI=1S/C20H32O4/c1-14-7-10-20(3)16(18(23)24)5-4-6-17(20)19(14,2)11-8-15(13-22)9-12-21/h5,9,14,17,21-22H,4,6-8,10-13H2,1-3H3,(H,23,24)/t14-,17-,19+,20+/m0/s1. The average molecular weight is 336 g/mol. The molecule has 3 N–H and O–H groups in total. The Morgan fingerprint density at radius 2 is 2.04 bits per heavy atom. The van der Waals surface area contributed by atoms with Crippen molar-refractivity contribution in [3.05, 3.63) is 23.3 Å². The van der Waals surface area contributed by atoms with Crippen LogP contribution in [0.15, 0.2) is 23.3 Å². The summed E-state index contributed by atoms with van der Waals surface area (Å²) < 4.78 is 0. The maximum absolute atomic E-state index is 11.8. The Morgan fingerprint density at radius 1 is 1.33 bits per heavy atom. The van der Waals surface area contributed by atoms with E-state index in [1.54, 1.807) is 6.08 Å². The van der Waals surface area contributed by atoms with Crippen LogP contribution in [-0.2, 0) is 4.79 Å². The van der Waals surface area contributed by atoms with Gasteiger partial charge in [-0.05, 0) is 61.3 Å². The van der Waals surface area contributed by atoms with Gasteiger partial charge in [-0.15, -0.1) is 0 Å². The molecule has 24 heavy (non-hydrogen) atoms. The first kappa shape index (κ1) is 19.2. The molecular formula is C20H32O4. The highest BCUT2D eigenvalue weighted by Gasteiger charge is 2.55. The SMILES string of the molecule is C[C@H]1CC[C@]2(C)C(C(=O)O)=CCC[C@H]2[C@]1(C)CCC(=CCO)CO. The van der Waals surface area contributed by atoms with Crippen LogP contribution in [-0.4, -0.2) is 34.5 Å². The zero-order chi connectivity index (χ0) is 18.0. The molecule has 4 nitrogen and oxygen atoms in total. The van der Waals surface area contributed by atoms with Crippen LogP contribution in [0.2, 0.25) is 0 Å². The summed E-state index contributed by atoms with van der Waals surface area (Å²) in [5.74, 6) is 0.104. The maximum atomic E-state index is 11.8. The minimum atomic E-state index is -0.768. The highest BCUT2D eigenvalue weighted by atomic mass is 16.4. The molecule has 0 radical (unpaired) electrons. The van der Waals surface area contributed by atoms with Crippen LogP contribution < -0.4 is 0 Å². The largest absolute Gasteiger partial charge is 0.478 e. The Kier molecular flexibility index (Phi) is 5.92. The Bertz CT molecular complexity index is 536. The summed E-state index contributed by atoms with van der Waals surface area (Å²) in [6, 6.07) is 0. The zero-order valence-corrected chi connectivity index (χ0v) is 15.2. The zero-order valence-electron chi connectivity index (χ0n) is 15.2. The van der Waals surface area contributed by atoms with E-state index in [0.717, 1.165) is 44.1 Å². The lowest BCUT2D eigenvalue weighted by molar-refractivity contribution is -0.137. The van der Waals surface area contributed by atoms with Crippen molar-refractivity contribution in [2.75, 3.05) is 13.2 Å². The number of aliphatic hydroxyl groups is 2. The molecule has 0 amide bonds. The number of rotatable bonds is 6. The first-order valence-electron chi connectivity index (χ1n) is 9.13. The summed E-state index contributed by atoms with van der Waals surface area (Å²) in [6.45, 7) is 6.66. The second kappa shape index (κ2) is 7.40. The van der Waals surface area contributed by atoms with Gasteiger partial charge in [-0.2, -0.15) is 0 Å². The van der Waals surface area contributed by atoms with E-state index in [4.69, 9.17) is 5.11 Å². The van der Waals surface area contributed by atoms with Gasteiger partial charge in [-0.25, -0.2) is 4.79 Å². The van der Waals surface area contributed by atoms with E-state index in [0.29, 0.717) is 17.4 Å². The monoisotopic (exact) mass is 336 g/mol. The summed E-state index contributed by atoms with van der Waals surface area (Å²) in [4.78, 5) is 11.8. The van der Waals surface area contributed by atoms with Crippen LogP contribution in [0.4, 0.5) is 0 Å². The van der Waals surface area contributed by atoms with E-state index in [1.807, 2.05) is 6.08 Å². The summed E-state index contributed by atoms with van der Waals surface area (Å²) >= 11 is 0. The number of aliphatic hydroxyl groups excluding tert-OH is 2. The van der Waals surface area contributed by atoms with Crippen molar-refractivity contribution in [3.63, 3.8) is 0 Å². The number of carboxylic acids is 1. The van der Waals surface area contributed by atoms with Gasteiger partial charge in [0.15, 0.2) is 0 Å². The minimum Gasteiger partial charge on any atom is -0.478 e. The molecule has 0 aliphatic heterocycles. The number of aliphatic carboxylic acids is 1. The molecule has 0 heterocycles. The third-order valence-electron chi connectivity index (χ3n) is 7.00. The Balaban J connectivity index is 2.29. The normalized spacial score (nSPS) is 36.9. The number of fused-ring (bicyclic) bond motifs is 1. The van der Waals surface area contributed by atoms with Crippen LogP contribution in [0, 0.1) is 22.7 Å². The van der Waals surface area contributed by atoms with Gasteiger partial charge in [0.05, 0.1) is 13.2 Å². The number of allylic oxidation sites excluding steroid dienone is 1. The van der Waals surface area contributed by atoms with E-state index in [9.17, 15) is 15.0 Å². The first-order chi connectivity index (χ1) is 11.3. The molecule has 4 atom stereocenters. The van der Waals surface area contributed by atoms with Crippen molar-refractivity contribution in [1.29, 1.82) is 0 Å². The van der Waals surface area contributed by atoms with Crippen molar-refractivity contribution in [2.24, 2.45) is 22.7 Å². The van der Waals surface area contributed by atoms with Gasteiger partial charge < -0.3 is 15.3 Å². The number of hydrogen-bond donors (Lipinski definition) is 3. The second-order valence-electron chi connectivity index (χ2n) is 8.12. The van der Waals surface area contributed by atoms with Gasteiger partial charge in [0.1, 0.15) is 0 Å². The Morgan fingerprint density at radius 3 is 2.62 bits per heavy atom. The van der Waals surface area contributed by atoms with Gasteiger partial charge in [-0.1, -0.05) is 32.9 Å². The van der Waals surface area contributed by atoms with Crippen LogP contribution in [0.25, 0.3) is 0 Å². The predicted molar refractivity (Wildman–Crippen MR) is 94.5 cm³/mol. The van der Waals surface area contributed by atoms with E-state index in [-0.39, 0.29) is 24.0 Å². The fraction of sp³-hybridized carbons (Fsp3) is 0.750. The topological polar surface area (TPSA) is 77.8 Å². The molecule has 2 aliphatic rings. The molecule has 136 valence electrons. The van der Waals surface area contributed by atoms with E-state index < -0.39 is 5.97 Å². The first-order valence-corrected chi connectivity index (χ1v) is 9.13. The molecule has 0 saturated heterocycles. The lowest BCUT2D eigenvalue weighted by Crippen LogP contribution is -2.51. The van der Waals surface area contributed by atoms with Gasteiger partial charge in [0, 0.05) is 11.0 Å². The predicted octanol–water partition coefficient (Wildman–Crippen LogP) is 3.54. The summed E-state index contributed by atoms with van der Waals surface area (Å²) in [5.41, 5.74) is 1.27. The van der Waals surface area contributed by atoms with E-state index in [1.165, 1.54) is 0 Å². The van der Waals surface area contributed by atoms with Crippen LogP contribution in [0.3, 0.4) is 0 Å². The van der Waals surface area contributed by atoms with Crippen molar-refractivity contribution < 1.29 is 20.1 Å². The summed E-state index contributed by atoms with van der Waals surface area (Å²) in [7, 11) is 0. The van der Waals surface area contributed by atoms with Crippen molar-refractivity contribution >= 4 is 5.97 Å². The molecule has 0 spiro atoms. The Labute approximate surface area is 145 Å². The number of carboxylic acid groups (broad SMARTS) is 1. The number of hydrogen-bond acceptors (Lipinski definition) is 3. The van der Waals surface area contributed by atoms with Crippen LogP contribution in [0.5, 0.6) is 0 Å². The van der Waals surface area contributed by atoms with Crippen molar-refractivity contribution in [2.45, 2.75) is 59.3 Å². The van der Waals surface area contributed by atoms with Gasteiger partial charge in [0.2, 0.25) is 0 Å². The highest BCUT2D eigenvalue weighted by molar-refractivity contribution is 5.88. The molecule has 0 unspecified atom stereocenters. The lowest BCUT2D eigenvalue weighted by Gasteiger charge is -2.57. The third-order valence-corrected chi connectivity index (χ3v) is 7.00. The quantitative estimate of drug-likeness (QED) is 0.648. The van der Waals surface area contributed by atoms with Crippen LogP contribution >= 0.6 is 0 Å². The summed E-state index contributed by atoms with van der Waals surface area (Å²) in [6.07, 6.45) is 9.15. The van der Waals surface area contributed by atoms with Gasteiger partial charge in [-0.3, -0.25) is 0 Å². The number of carbonyl (C=O) groups is 1. The molecule has 4 heteroatoms. The molecule has 1 saturated carbocycles. The van der Waals surface area contributed by atoms with Crippen molar-refractivity contribution in [3.8, 4) is 0 Å². The molecule has 0 bridgehead atoms. The van der Waals surface area contributed by atoms with E-state index >= 15 is 0 Å². The molecule has 0 aromatic rings. The van der Waals surface area contributed by atoms with Crippen molar-refractivity contribution in [1.82, 2.24) is 0 Å². The fourth-order valence-electron chi connectivity index (χ4n) is 5.25. The molecule has 2 rings (SSSR count). The fourth-order valence-corrected chi connectivity index (χ4v) is 5.25. The second-order valence-corrected chi connectivity index (χ2v) is 8.12. The molecule has 0 aromatic heterocycles. The molecule has 0 aromatic carbocycles. The molecular weight excluding hydrogens is 304 g/mol. The molecule has 2 aliphatic carbocycles. The summed E-state index contributed by atoms with van der Waals surface area (Å²) in [5, 5.41) is 28.2. The highest BCUT2D eigenvalue weighted by Crippen LogP contribution is 2.62. The lowest BCUT2D eigenvalue weighted by atomic mass is 9.46. The third kappa shape index (κ3) is 3.31. The minimum absolute atomic E-state index is 0.0206. The van der Waals surface area contributed by atoms with Gasteiger partial charge in [0.25, 0.3) is 0 Å². The van der Waals surface area contributed by atoms with Gasteiger partial charge >= 0.3 is 5.97 Å². The van der Waals surface area contributed by atoms with Crippen LogP contribution in [0.1, 0.15) is 59.3 Å². The smallest absolute Gasteiger partial charge is 0.331 e. The van der Waals surface area contributed by atoms with E-state index in [2.05, 4.69) is 20.8 Å². The molecule has 1 fully saturated rings. The Hall–Kier alpha value is -1.13. The average Bonchev–Trinajstić information content (AvgIpc) is 2.55. The maximum Gasteiger partial charge on any atom is 0.331 e.